The van der Waals surface area contributed by atoms with Gasteiger partial charge in [-0.25, -0.2) is 0 Å². The summed E-state index contributed by atoms with van der Waals surface area (Å²) in [5.41, 5.74) is 0. The number of halogens is 1. The minimum Gasteiger partial charge on any atom is -0.497 e. The zero-order chi connectivity index (χ0) is 10.7. The Morgan fingerprint density at radius 2 is 1.87 bits per heavy atom. The fraction of sp³-hybridized carbons (Fsp3) is 0.100. The highest BCUT2D eigenvalue weighted by Gasteiger charge is 2.04. The van der Waals surface area contributed by atoms with Crippen molar-refractivity contribution in [2.24, 2.45) is 0 Å². The highest BCUT2D eigenvalue weighted by atomic mass is 35.5. The van der Waals surface area contributed by atoms with Crippen LogP contribution in [0.1, 0.15) is 0 Å². The maximum Gasteiger partial charge on any atom is 0.400 e. The Morgan fingerprint density at radius 3 is 2.40 bits per heavy atom. The van der Waals surface area contributed by atoms with E-state index in [1.54, 1.807) is 31.4 Å². The van der Waals surface area contributed by atoms with Gasteiger partial charge >= 0.3 is 6.08 Å². The summed E-state index contributed by atoms with van der Waals surface area (Å²) in [6.07, 6.45) is 1.49. The van der Waals surface area contributed by atoms with E-state index < -0.39 is 0 Å². The van der Waals surface area contributed by atoms with E-state index in [0.29, 0.717) is 5.75 Å². The van der Waals surface area contributed by atoms with Crippen molar-refractivity contribution in [3.05, 3.63) is 35.7 Å². The molecule has 0 aliphatic carbocycles. The Bertz CT molecular complexity index is 438. The van der Waals surface area contributed by atoms with Crippen molar-refractivity contribution in [3.63, 3.8) is 0 Å². The number of nitrogens with zero attached hydrogens (tertiary/aromatic N) is 1. The number of aromatic nitrogens is 1. The van der Waals surface area contributed by atoms with Crippen molar-refractivity contribution in [3.8, 4) is 17.6 Å². The lowest BCUT2D eigenvalue weighted by atomic mass is 10.3. The van der Waals surface area contributed by atoms with E-state index in [2.05, 4.69) is 4.98 Å². The van der Waals surface area contributed by atoms with Gasteiger partial charge in [-0.05, 0) is 35.9 Å². The van der Waals surface area contributed by atoms with Gasteiger partial charge in [0.25, 0.3) is 0 Å². The molecule has 0 radical (unpaired) electrons. The van der Waals surface area contributed by atoms with Crippen LogP contribution >= 0.6 is 11.6 Å². The molecule has 0 aliphatic heterocycles. The van der Waals surface area contributed by atoms with Gasteiger partial charge in [-0.2, -0.15) is 4.98 Å². The third kappa shape index (κ3) is 2.41. The first-order valence-corrected chi connectivity index (χ1v) is 4.59. The first-order valence-electron chi connectivity index (χ1n) is 4.21. The molecule has 1 aromatic heterocycles. The largest absolute Gasteiger partial charge is 0.497 e. The normalized spacial score (nSPS) is 10.0. The minimum atomic E-state index is 0.116. The lowest BCUT2D eigenvalue weighted by Crippen LogP contribution is -1.85. The molecule has 4 nitrogen and oxygen atoms in total. The zero-order valence-corrected chi connectivity index (χ0v) is 8.69. The van der Waals surface area contributed by atoms with Gasteiger partial charge in [-0.3, -0.25) is 0 Å². The fourth-order valence-corrected chi connectivity index (χ4v) is 1.15. The Kier molecular flexibility index (Phi) is 2.78. The highest BCUT2D eigenvalue weighted by molar-refractivity contribution is 6.28. The number of oxazole rings is 1. The lowest BCUT2D eigenvalue weighted by Gasteiger charge is -2.01. The van der Waals surface area contributed by atoms with Gasteiger partial charge in [0.1, 0.15) is 11.5 Å². The van der Waals surface area contributed by atoms with Gasteiger partial charge in [0.15, 0.2) is 0 Å². The second-order valence-electron chi connectivity index (χ2n) is 2.71. The van der Waals surface area contributed by atoms with Crippen LogP contribution in [0.15, 0.2) is 34.9 Å². The van der Waals surface area contributed by atoms with E-state index in [9.17, 15) is 0 Å². The number of hydrogen-bond donors (Lipinski definition) is 0. The molecule has 0 unspecified atom stereocenters. The quantitative estimate of drug-likeness (QED) is 0.805. The van der Waals surface area contributed by atoms with Crippen LogP contribution in [0.3, 0.4) is 0 Å². The molecule has 0 aliphatic rings. The first-order chi connectivity index (χ1) is 7.28. The maximum absolute atomic E-state index is 5.55. The van der Waals surface area contributed by atoms with Crippen molar-refractivity contribution in [2.45, 2.75) is 0 Å². The second-order valence-corrected chi connectivity index (χ2v) is 3.08. The molecule has 0 saturated carbocycles. The average molecular weight is 226 g/mol. The van der Waals surface area contributed by atoms with Crippen LogP contribution in [-0.2, 0) is 0 Å². The molecule has 0 bridgehead atoms. The summed E-state index contributed by atoms with van der Waals surface area (Å²) in [6.45, 7) is 0. The van der Waals surface area contributed by atoms with Crippen molar-refractivity contribution in [2.75, 3.05) is 7.11 Å². The van der Waals surface area contributed by atoms with Crippen LogP contribution in [0.4, 0.5) is 0 Å². The van der Waals surface area contributed by atoms with Gasteiger partial charge in [-0.15, -0.1) is 0 Å². The molecule has 5 heteroatoms. The SMILES string of the molecule is COc1ccc(Oc2ncc(Cl)o2)cc1. The Morgan fingerprint density at radius 1 is 1.20 bits per heavy atom. The molecular weight excluding hydrogens is 218 g/mol. The first kappa shape index (κ1) is 9.86. The Balaban J connectivity index is 2.11. The van der Waals surface area contributed by atoms with E-state index >= 15 is 0 Å². The Labute approximate surface area is 91.4 Å². The van der Waals surface area contributed by atoms with Crippen LogP contribution in [0.5, 0.6) is 17.6 Å². The van der Waals surface area contributed by atoms with Crippen molar-refractivity contribution >= 4 is 11.6 Å². The van der Waals surface area contributed by atoms with Gasteiger partial charge in [0.05, 0.1) is 13.3 Å². The van der Waals surface area contributed by atoms with Crippen LogP contribution < -0.4 is 9.47 Å². The molecule has 1 aromatic carbocycles. The average Bonchev–Trinajstić information content (AvgIpc) is 2.65. The van der Waals surface area contributed by atoms with Crippen molar-refractivity contribution in [1.29, 1.82) is 0 Å². The smallest absolute Gasteiger partial charge is 0.400 e. The molecule has 15 heavy (non-hydrogen) atoms. The number of methoxy groups -OCH3 is 1. The van der Waals surface area contributed by atoms with Gasteiger partial charge in [0.2, 0.25) is 5.22 Å². The molecule has 2 rings (SSSR count). The minimum absolute atomic E-state index is 0.116. The van der Waals surface area contributed by atoms with E-state index in [-0.39, 0.29) is 11.3 Å². The highest BCUT2D eigenvalue weighted by Crippen LogP contribution is 2.24. The number of benzene rings is 1. The van der Waals surface area contributed by atoms with Crippen molar-refractivity contribution in [1.82, 2.24) is 4.98 Å². The molecule has 0 atom stereocenters. The molecule has 0 saturated heterocycles. The predicted molar refractivity (Wildman–Crippen MR) is 54.6 cm³/mol. The van der Waals surface area contributed by atoms with E-state index in [1.165, 1.54) is 6.20 Å². The summed E-state index contributed by atoms with van der Waals surface area (Å²) in [7, 11) is 1.60. The number of hydrogen-bond acceptors (Lipinski definition) is 4. The van der Waals surface area contributed by atoms with Crippen LogP contribution in [-0.4, -0.2) is 12.1 Å². The Hall–Kier alpha value is -1.68. The lowest BCUT2D eigenvalue weighted by molar-refractivity contribution is 0.330. The summed E-state index contributed by atoms with van der Waals surface area (Å²) in [5, 5.41) is 0.193. The monoisotopic (exact) mass is 225 g/mol. The van der Waals surface area contributed by atoms with Crippen molar-refractivity contribution < 1.29 is 13.9 Å². The third-order valence-electron chi connectivity index (χ3n) is 1.72. The molecule has 0 N–H and O–H groups in total. The summed E-state index contributed by atoms with van der Waals surface area (Å²) in [5.74, 6) is 1.36. The van der Waals surface area contributed by atoms with Gasteiger partial charge in [0, 0.05) is 0 Å². The van der Waals surface area contributed by atoms with Crippen LogP contribution in [0.25, 0.3) is 0 Å². The fourth-order valence-electron chi connectivity index (χ4n) is 1.03. The summed E-state index contributed by atoms with van der Waals surface area (Å²) < 4.78 is 15.2. The van der Waals surface area contributed by atoms with Gasteiger partial charge in [-0.1, -0.05) is 0 Å². The number of rotatable bonds is 3. The van der Waals surface area contributed by atoms with Crippen LogP contribution in [0, 0.1) is 0 Å². The zero-order valence-electron chi connectivity index (χ0n) is 7.94. The number of ether oxygens (including phenoxy) is 2. The predicted octanol–water partition coefficient (Wildman–Crippen LogP) is 3.13. The van der Waals surface area contributed by atoms with E-state index in [0.717, 1.165) is 5.75 Å². The molecule has 0 amide bonds. The molecule has 0 fully saturated rings. The summed E-state index contributed by atoms with van der Waals surface area (Å²) >= 11 is 5.55. The standard InChI is InChI=1S/C10H8ClNO3/c1-13-7-2-4-8(5-3-7)14-10-12-6-9(11)15-10/h2-6H,1H3. The maximum atomic E-state index is 5.55. The van der Waals surface area contributed by atoms with Crippen LogP contribution in [0.2, 0.25) is 5.22 Å². The summed E-state index contributed by atoms with van der Waals surface area (Å²) in [6, 6.07) is 7.05. The summed E-state index contributed by atoms with van der Waals surface area (Å²) in [4.78, 5) is 3.80. The molecule has 78 valence electrons. The second kappa shape index (κ2) is 4.23. The third-order valence-corrected chi connectivity index (χ3v) is 1.90. The molecule has 0 spiro atoms. The van der Waals surface area contributed by atoms with E-state index in [1.807, 2.05) is 0 Å². The molecule has 2 aromatic rings. The molecular formula is C10H8ClNO3. The van der Waals surface area contributed by atoms with Gasteiger partial charge < -0.3 is 13.9 Å². The topological polar surface area (TPSA) is 44.5 Å². The van der Waals surface area contributed by atoms with E-state index in [4.69, 9.17) is 25.5 Å². The molecule has 1 heterocycles.